The summed E-state index contributed by atoms with van der Waals surface area (Å²) in [5.74, 6) is 0. The van der Waals surface area contributed by atoms with Crippen molar-refractivity contribution in [3.05, 3.63) is 45.2 Å². The van der Waals surface area contributed by atoms with E-state index in [1.54, 1.807) is 13.8 Å². The van der Waals surface area contributed by atoms with Crippen LogP contribution in [0.15, 0.2) is 24.3 Å². The van der Waals surface area contributed by atoms with Gasteiger partial charge in [0.1, 0.15) is 0 Å². The van der Waals surface area contributed by atoms with Gasteiger partial charge in [-0.15, -0.1) is 0 Å². The average molecular weight is 344 g/mol. The van der Waals surface area contributed by atoms with E-state index in [2.05, 4.69) is 0 Å². The predicted molar refractivity (Wildman–Crippen MR) is 86.8 cm³/mol. The van der Waals surface area contributed by atoms with Crippen molar-refractivity contribution in [2.45, 2.75) is 33.0 Å². The molecule has 0 aliphatic rings. The molecular formula is C14H21N2O6P. The van der Waals surface area contributed by atoms with Gasteiger partial charge < -0.3 is 14.3 Å². The Morgan fingerprint density at radius 3 is 2.00 bits per heavy atom. The average Bonchev–Trinajstić information content (AvgIpc) is 2.48. The molecule has 0 bridgehead atoms. The first kappa shape index (κ1) is 19.3. The zero-order valence-electron chi connectivity index (χ0n) is 13.6. The Labute approximate surface area is 135 Å². The quantitative estimate of drug-likeness (QED) is 0.178. The van der Waals surface area contributed by atoms with Gasteiger partial charge in [-0.05, 0) is 26.0 Å². The summed E-state index contributed by atoms with van der Waals surface area (Å²) in [5, 5.41) is 21.6. The molecule has 0 spiro atoms. The molecule has 0 aliphatic carbocycles. The summed E-state index contributed by atoms with van der Waals surface area (Å²) in [6, 6.07) is 5.45. The smallest absolute Gasteiger partial charge is 0.401 e. The van der Waals surface area contributed by atoms with Crippen LogP contribution >= 0.6 is 7.60 Å². The van der Waals surface area contributed by atoms with Gasteiger partial charge in [0.25, 0.3) is 11.0 Å². The largest absolute Gasteiger partial charge is 0.623 e. The first-order valence-corrected chi connectivity index (χ1v) is 8.67. The summed E-state index contributed by atoms with van der Waals surface area (Å²) in [6.45, 7) is 6.55. The van der Waals surface area contributed by atoms with E-state index in [-0.39, 0.29) is 18.9 Å². The summed E-state index contributed by atoms with van der Waals surface area (Å²) in [6.07, 6.45) is 1.20. The van der Waals surface area contributed by atoms with E-state index in [1.165, 1.54) is 44.3 Å². The summed E-state index contributed by atoms with van der Waals surface area (Å²) in [4.78, 5) is 10.1. The molecule has 8 nitrogen and oxygen atoms in total. The van der Waals surface area contributed by atoms with Crippen LogP contribution in [0.1, 0.15) is 33.3 Å². The molecule has 0 aliphatic heterocycles. The molecule has 1 aromatic rings. The van der Waals surface area contributed by atoms with Crippen molar-refractivity contribution in [1.29, 1.82) is 0 Å². The molecule has 0 heterocycles. The molecule has 23 heavy (non-hydrogen) atoms. The van der Waals surface area contributed by atoms with Crippen molar-refractivity contribution in [2.75, 3.05) is 13.2 Å². The van der Waals surface area contributed by atoms with E-state index >= 15 is 0 Å². The third kappa shape index (κ3) is 4.37. The van der Waals surface area contributed by atoms with Gasteiger partial charge in [-0.2, -0.15) is 4.74 Å². The zero-order valence-corrected chi connectivity index (χ0v) is 14.5. The number of hydrogen-bond acceptors (Lipinski definition) is 6. The molecule has 0 saturated carbocycles. The highest BCUT2D eigenvalue weighted by Gasteiger charge is 2.51. The molecule has 0 fully saturated rings. The fourth-order valence-electron chi connectivity index (χ4n) is 1.79. The molecule has 0 unspecified atom stereocenters. The minimum Gasteiger partial charge on any atom is -0.623 e. The second-order valence-corrected chi connectivity index (χ2v) is 7.74. The normalized spacial score (nSPS) is 13.1. The van der Waals surface area contributed by atoms with E-state index in [4.69, 9.17) is 9.05 Å². The molecule has 0 saturated heterocycles. The van der Waals surface area contributed by atoms with Gasteiger partial charge in [0.2, 0.25) is 0 Å². The van der Waals surface area contributed by atoms with Crippen LogP contribution in [0.3, 0.4) is 0 Å². The second kappa shape index (κ2) is 7.68. The van der Waals surface area contributed by atoms with Gasteiger partial charge in [0, 0.05) is 31.5 Å². The lowest BCUT2D eigenvalue weighted by molar-refractivity contribution is -0.510. The highest BCUT2D eigenvalue weighted by atomic mass is 31.2. The standard InChI is InChI=1S/C14H21N2O6P/c1-5-21-23(20,22-6-2)14(3,4)15(17)11-12-7-9-13(10-8-12)16(18)19/h7-11H,5-6H2,1-4H3/b15-11-. The van der Waals surface area contributed by atoms with Gasteiger partial charge in [0.05, 0.1) is 18.1 Å². The third-order valence-corrected chi connectivity index (χ3v) is 5.91. The van der Waals surface area contributed by atoms with Crippen LogP contribution in [0, 0.1) is 15.3 Å². The highest BCUT2D eigenvalue weighted by Crippen LogP contribution is 2.59. The van der Waals surface area contributed by atoms with Crippen LogP contribution in [0.5, 0.6) is 0 Å². The summed E-state index contributed by atoms with van der Waals surface area (Å²) < 4.78 is 23.8. The first-order valence-electron chi connectivity index (χ1n) is 7.13. The molecule has 0 amide bonds. The summed E-state index contributed by atoms with van der Waals surface area (Å²) in [5.41, 5.74) is 0.367. The highest BCUT2D eigenvalue weighted by molar-refractivity contribution is 7.55. The van der Waals surface area contributed by atoms with Crippen LogP contribution in [0.25, 0.3) is 0 Å². The van der Waals surface area contributed by atoms with Gasteiger partial charge >= 0.3 is 7.60 Å². The minimum absolute atomic E-state index is 0.0758. The van der Waals surface area contributed by atoms with Gasteiger partial charge in [-0.25, -0.2) is 0 Å². The molecule has 0 N–H and O–H groups in total. The van der Waals surface area contributed by atoms with Crippen molar-refractivity contribution >= 4 is 19.5 Å². The number of hydrogen-bond donors (Lipinski definition) is 0. The third-order valence-electron chi connectivity index (χ3n) is 3.18. The van der Waals surface area contributed by atoms with Gasteiger partial charge in [-0.1, -0.05) is 0 Å². The fraction of sp³-hybridized carbons (Fsp3) is 0.500. The van der Waals surface area contributed by atoms with Crippen molar-refractivity contribution in [2.24, 2.45) is 0 Å². The van der Waals surface area contributed by atoms with Crippen LogP contribution < -0.4 is 0 Å². The van der Waals surface area contributed by atoms with Gasteiger partial charge in [0.15, 0.2) is 6.21 Å². The summed E-state index contributed by atoms with van der Waals surface area (Å²) >= 11 is 0. The maximum absolute atomic E-state index is 12.8. The lowest BCUT2D eigenvalue weighted by atomic mass is 10.2. The Bertz CT molecular complexity index is 617. The molecular weight excluding hydrogens is 323 g/mol. The fourth-order valence-corrected chi connectivity index (χ4v) is 3.47. The monoisotopic (exact) mass is 344 g/mol. The number of nitro groups is 1. The summed E-state index contributed by atoms with van der Waals surface area (Å²) in [7, 11) is -3.67. The number of non-ortho nitro benzene ring substituents is 1. The molecule has 0 aromatic heterocycles. The Balaban J connectivity index is 3.15. The Hall–Kier alpha value is -1.76. The maximum atomic E-state index is 12.8. The van der Waals surface area contributed by atoms with E-state index < -0.39 is 17.8 Å². The Morgan fingerprint density at radius 2 is 1.61 bits per heavy atom. The molecule has 9 heteroatoms. The van der Waals surface area contributed by atoms with Crippen molar-refractivity contribution in [1.82, 2.24) is 0 Å². The number of hydroxylamine groups is 1. The first-order chi connectivity index (χ1) is 10.7. The lowest BCUT2D eigenvalue weighted by Crippen LogP contribution is -2.35. The molecule has 1 rings (SSSR count). The van der Waals surface area contributed by atoms with E-state index in [1.807, 2.05) is 0 Å². The number of benzene rings is 1. The second-order valence-electron chi connectivity index (χ2n) is 5.13. The van der Waals surface area contributed by atoms with E-state index in [0.717, 1.165) is 0 Å². The SMILES string of the molecule is CCOP(=O)(OCC)C(C)(C)/[N+]([O-])=C/c1ccc([N+](=O)[O-])cc1. The van der Waals surface area contributed by atoms with Crippen LogP contribution in [0.4, 0.5) is 5.69 Å². The molecule has 128 valence electrons. The van der Waals surface area contributed by atoms with E-state index in [0.29, 0.717) is 10.3 Å². The molecule has 1 aromatic carbocycles. The maximum Gasteiger partial charge on any atom is 0.401 e. The van der Waals surface area contributed by atoms with Crippen molar-refractivity contribution < 1.29 is 23.3 Å². The predicted octanol–water partition coefficient (Wildman–Crippen LogP) is 3.53. The van der Waals surface area contributed by atoms with Gasteiger partial charge in [-0.3, -0.25) is 14.7 Å². The molecule has 0 atom stereocenters. The van der Waals surface area contributed by atoms with Crippen LogP contribution in [-0.4, -0.2) is 34.4 Å². The Kier molecular flexibility index (Phi) is 6.44. The number of nitro benzene ring substituents is 1. The van der Waals surface area contributed by atoms with Crippen LogP contribution in [0.2, 0.25) is 0 Å². The molecule has 0 radical (unpaired) electrons. The van der Waals surface area contributed by atoms with Crippen molar-refractivity contribution in [3.63, 3.8) is 0 Å². The lowest BCUT2D eigenvalue weighted by Gasteiger charge is -2.30. The Morgan fingerprint density at radius 1 is 1.13 bits per heavy atom. The van der Waals surface area contributed by atoms with Crippen LogP contribution in [-0.2, 0) is 13.6 Å². The minimum atomic E-state index is -3.67. The zero-order chi connectivity index (χ0) is 17.7. The number of nitrogens with zero attached hydrogens (tertiary/aromatic N) is 2. The topological polar surface area (TPSA) is 105 Å². The van der Waals surface area contributed by atoms with Crippen molar-refractivity contribution in [3.8, 4) is 0 Å². The number of rotatable bonds is 8. The van der Waals surface area contributed by atoms with E-state index in [9.17, 15) is 19.9 Å².